The minimum atomic E-state index is -2.63. The van der Waals surface area contributed by atoms with Crippen LogP contribution in [0.15, 0.2) is 334 Å². The van der Waals surface area contributed by atoms with Crippen LogP contribution in [-0.2, 0) is 0 Å². The summed E-state index contributed by atoms with van der Waals surface area (Å²) in [6.45, 7) is 8.65. The molecule has 414 valence electrons. The molecule has 16 rings (SSSR count). The minimum Gasteiger partial charge on any atom is -0.311 e. The molecule has 16 aromatic rings. The summed E-state index contributed by atoms with van der Waals surface area (Å²) in [6.07, 6.45) is 3.96. The van der Waals surface area contributed by atoms with E-state index >= 15 is 0 Å². The van der Waals surface area contributed by atoms with Gasteiger partial charge in [0, 0.05) is 60.2 Å². The van der Waals surface area contributed by atoms with Crippen LogP contribution in [0, 0.1) is 0 Å². The zero-order chi connectivity index (χ0) is 58.7. The fraction of sp³-hybridized carbons (Fsp3) is 0. The number of anilines is 3. The molecule has 0 unspecified atom stereocenters. The third-order valence-electron chi connectivity index (χ3n) is 18.1. The van der Waals surface area contributed by atoms with Crippen molar-refractivity contribution in [3.8, 4) is 50.2 Å². The van der Waals surface area contributed by atoms with Crippen LogP contribution < -0.4 is 36.2 Å². The van der Waals surface area contributed by atoms with E-state index in [9.17, 15) is 0 Å². The molecule has 0 saturated carbocycles. The zero-order valence-corrected chi connectivity index (χ0v) is 49.5. The third-order valence-corrected chi connectivity index (χ3v) is 22.9. The Morgan fingerprint density at radius 1 is 0.330 bits per heavy atom. The lowest BCUT2D eigenvalue weighted by Gasteiger charge is -2.34. The average molecular weight is 1140 g/mol. The summed E-state index contributed by atoms with van der Waals surface area (Å²) in [6, 6.07) is 119. The summed E-state index contributed by atoms with van der Waals surface area (Å²) in [5.74, 6) is 0. The van der Waals surface area contributed by atoms with Crippen LogP contribution in [0.2, 0.25) is 0 Å². The Morgan fingerprint density at radius 2 is 0.739 bits per heavy atom. The Balaban J connectivity index is 0.754. The van der Waals surface area contributed by atoms with Gasteiger partial charge in [0.2, 0.25) is 0 Å². The molecule has 13 aromatic carbocycles. The van der Waals surface area contributed by atoms with E-state index in [1.165, 1.54) is 86.4 Å². The van der Waals surface area contributed by atoms with Crippen LogP contribution in [0.3, 0.4) is 0 Å². The highest BCUT2D eigenvalue weighted by atomic mass is 28.3. The van der Waals surface area contributed by atoms with Crippen LogP contribution in [0.1, 0.15) is 0 Å². The molecular formula is C84H59N3Si. The summed E-state index contributed by atoms with van der Waals surface area (Å²) >= 11 is 0. The second-order valence-corrected chi connectivity index (χ2v) is 26.7. The fourth-order valence-electron chi connectivity index (χ4n) is 14.1. The van der Waals surface area contributed by atoms with Gasteiger partial charge in [0.25, 0.3) is 0 Å². The van der Waals surface area contributed by atoms with E-state index < -0.39 is 8.07 Å². The van der Waals surface area contributed by atoms with Crippen molar-refractivity contribution in [2.75, 3.05) is 4.90 Å². The van der Waals surface area contributed by atoms with Gasteiger partial charge in [-0.25, -0.2) is 0 Å². The maximum Gasteiger partial charge on any atom is 0.179 e. The highest BCUT2D eigenvalue weighted by molar-refractivity contribution is 7.19. The summed E-state index contributed by atoms with van der Waals surface area (Å²) in [5.41, 5.74) is 18.4. The smallest absolute Gasteiger partial charge is 0.179 e. The number of fused-ring (bicyclic) bond motifs is 6. The molecule has 0 N–H and O–H groups in total. The van der Waals surface area contributed by atoms with Gasteiger partial charge in [0.05, 0.1) is 22.1 Å². The van der Waals surface area contributed by atoms with E-state index in [-0.39, 0.29) is 0 Å². The largest absolute Gasteiger partial charge is 0.311 e. The normalized spacial score (nSPS) is 12.0. The molecule has 3 aromatic heterocycles. The van der Waals surface area contributed by atoms with Crippen molar-refractivity contribution in [3.05, 3.63) is 345 Å². The number of hydrogen-bond donors (Lipinski definition) is 0. The predicted molar refractivity (Wildman–Crippen MR) is 377 cm³/mol. The van der Waals surface area contributed by atoms with E-state index in [2.05, 4.69) is 355 Å². The second-order valence-electron chi connectivity index (χ2n) is 22.9. The van der Waals surface area contributed by atoms with Crippen LogP contribution in [0.25, 0.3) is 112 Å². The number of para-hydroxylation sites is 3. The standard InChI is InChI=1S/C84H59N3Si/c1-3-21-74-58(2)85-80-33-18-16-30-76(80)79-57-65(56-78(74)84(79)85)63-42-50-68(51-43-63)86(69-52-44-64(45-53-69)75-32-20-35-82-83(75)77-31-17-19-34-81(77)87(82)66-22-8-4-9-23-66)67-48-40-61(41-49-67)59-36-38-60(39-37-59)62-46-54-73(55-47-62)88(70-24-10-5-11-25-70,71-26-12-6-13-27-71)72-28-14-7-15-29-72/h3-57H,1-2H2/b74-21+. The molecule has 88 heavy (non-hydrogen) atoms. The molecule has 0 bridgehead atoms. The Labute approximate surface area is 513 Å². The molecule has 3 heterocycles. The van der Waals surface area contributed by atoms with E-state index in [1.807, 2.05) is 6.08 Å². The number of nitrogens with zero attached hydrogens (tertiary/aromatic N) is 3. The van der Waals surface area contributed by atoms with Crippen molar-refractivity contribution in [1.82, 2.24) is 8.97 Å². The Bertz CT molecular complexity index is 5250. The molecule has 0 amide bonds. The number of benzene rings is 13. The van der Waals surface area contributed by atoms with Crippen LogP contribution in [-0.4, -0.2) is 17.0 Å². The highest BCUT2D eigenvalue weighted by Crippen LogP contribution is 2.42. The number of hydrogen-bond acceptors (Lipinski definition) is 1. The van der Waals surface area contributed by atoms with E-state index in [0.717, 1.165) is 61.1 Å². The van der Waals surface area contributed by atoms with Gasteiger partial charge in [-0.3, -0.25) is 0 Å². The van der Waals surface area contributed by atoms with Gasteiger partial charge in [0.1, 0.15) is 0 Å². The maximum absolute atomic E-state index is 4.58. The van der Waals surface area contributed by atoms with Gasteiger partial charge in [-0.15, -0.1) is 0 Å². The third kappa shape index (κ3) is 8.56. The number of allylic oxidation sites excluding steroid dienone is 1. The molecule has 3 nitrogen and oxygen atoms in total. The predicted octanol–water partition coefficient (Wildman–Crippen LogP) is 17.7. The molecular weight excluding hydrogens is 1080 g/mol. The van der Waals surface area contributed by atoms with Crippen molar-refractivity contribution in [2.24, 2.45) is 0 Å². The van der Waals surface area contributed by atoms with Gasteiger partial charge in [0.15, 0.2) is 8.07 Å². The SMILES string of the molecule is C=C/C=c1\c(=C)n2c3ccccc3c3cc(-c4ccc(N(c5ccc(-c6ccc(-c7ccc([Si](c8ccccc8)(c8ccccc8)c8ccccc8)cc7)cc6)cc5)c5ccc(-c6cccc7c6c6ccccc6n7-c6ccccc6)cc5)cc4)cc1c32. The van der Waals surface area contributed by atoms with Crippen molar-refractivity contribution >= 4 is 108 Å². The first-order valence-corrected chi connectivity index (χ1v) is 32.2. The minimum absolute atomic E-state index is 0.977. The molecule has 0 spiro atoms. The first-order valence-electron chi connectivity index (χ1n) is 30.2. The molecule has 0 aliphatic carbocycles. The first kappa shape index (κ1) is 52.3. The first-order chi connectivity index (χ1) is 43.5. The maximum atomic E-state index is 4.58. The van der Waals surface area contributed by atoms with Crippen molar-refractivity contribution < 1.29 is 0 Å². The Morgan fingerprint density at radius 3 is 1.27 bits per heavy atom. The van der Waals surface area contributed by atoms with Crippen molar-refractivity contribution in [3.63, 3.8) is 0 Å². The summed E-state index contributed by atoms with van der Waals surface area (Å²) in [5, 5.41) is 13.7. The molecule has 0 radical (unpaired) electrons. The summed E-state index contributed by atoms with van der Waals surface area (Å²) in [4.78, 5) is 2.38. The number of aromatic nitrogens is 2. The summed E-state index contributed by atoms with van der Waals surface area (Å²) in [7, 11) is -2.63. The second kappa shape index (κ2) is 21.6. The van der Waals surface area contributed by atoms with Gasteiger partial charge >= 0.3 is 0 Å². The highest BCUT2D eigenvalue weighted by Gasteiger charge is 2.41. The van der Waals surface area contributed by atoms with E-state index in [4.69, 9.17) is 0 Å². The molecule has 0 aliphatic rings. The quantitative estimate of drug-likeness (QED) is 0.0828. The zero-order valence-electron chi connectivity index (χ0n) is 48.5. The average Bonchev–Trinajstić information content (AvgIpc) is 1.55. The molecule has 4 heteroatoms. The number of rotatable bonds is 13. The van der Waals surface area contributed by atoms with Crippen LogP contribution >= 0.6 is 0 Å². The lowest BCUT2D eigenvalue weighted by molar-refractivity contribution is 1.18. The van der Waals surface area contributed by atoms with Crippen molar-refractivity contribution in [2.45, 2.75) is 0 Å². The lowest BCUT2D eigenvalue weighted by atomic mass is 9.98. The van der Waals surface area contributed by atoms with E-state index in [1.54, 1.807) is 0 Å². The lowest BCUT2D eigenvalue weighted by Crippen LogP contribution is -2.74. The molecule has 0 fully saturated rings. The van der Waals surface area contributed by atoms with Gasteiger partial charge in [-0.05, 0) is 144 Å². The molecule has 0 aliphatic heterocycles. The monoisotopic (exact) mass is 1140 g/mol. The van der Waals surface area contributed by atoms with Gasteiger partial charge in [-0.1, -0.05) is 268 Å². The van der Waals surface area contributed by atoms with Crippen LogP contribution in [0.4, 0.5) is 17.1 Å². The van der Waals surface area contributed by atoms with Gasteiger partial charge in [-0.2, -0.15) is 0 Å². The Kier molecular flexibility index (Phi) is 12.9. The molecule has 0 saturated heterocycles. The topological polar surface area (TPSA) is 12.6 Å². The van der Waals surface area contributed by atoms with E-state index in [0.29, 0.717) is 0 Å². The van der Waals surface area contributed by atoms with Crippen LogP contribution in [0.5, 0.6) is 0 Å². The Hall–Kier alpha value is -11.3. The fourth-order valence-corrected chi connectivity index (χ4v) is 18.9. The summed E-state index contributed by atoms with van der Waals surface area (Å²) < 4.78 is 4.70. The molecule has 0 atom stereocenters. The van der Waals surface area contributed by atoms with Gasteiger partial charge < -0.3 is 13.9 Å². The van der Waals surface area contributed by atoms with Crippen molar-refractivity contribution in [1.29, 1.82) is 0 Å².